The van der Waals surface area contributed by atoms with Crippen molar-refractivity contribution in [3.63, 3.8) is 0 Å². The molecule has 0 radical (unpaired) electrons. The summed E-state index contributed by atoms with van der Waals surface area (Å²) >= 11 is 0. The SMILES string of the molecule is CC1CN(S(=O)(=O)c2ccc(CCN)cc2)CCC1O. The minimum absolute atomic E-state index is 0.0324. The van der Waals surface area contributed by atoms with Crippen LogP contribution >= 0.6 is 0 Å². The minimum atomic E-state index is -3.46. The molecule has 0 spiro atoms. The molecule has 0 aromatic heterocycles. The Kier molecular flexibility index (Phi) is 4.80. The van der Waals surface area contributed by atoms with Gasteiger partial charge in [0.2, 0.25) is 10.0 Å². The Morgan fingerprint density at radius 3 is 2.55 bits per heavy atom. The molecular weight excluding hydrogens is 276 g/mol. The summed E-state index contributed by atoms with van der Waals surface area (Å²) < 4.78 is 26.5. The van der Waals surface area contributed by atoms with Crippen molar-refractivity contribution < 1.29 is 13.5 Å². The highest BCUT2D eigenvalue weighted by molar-refractivity contribution is 7.89. The number of aliphatic hydroxyl groups is 1. The molecule has 112 valence electrons. The standard InChI is InChI=1S/C14H22N2O3S/c1-11-10-16(9-7-14(11)17)20(18,19)13-4-2-12(3-5-13)6-8-15/h2-5,11,14,17H,6-10,15H2,1H3. The van der Waals surface area contributed by atoms with Crippen LogP contribution in [0.3, 0.4) is 0 Å². The largest absolute Gasteiger partial charge is 0.393 e. The van der Waals surface area contributed by atoms with Gasteiger partial charge in [-0.25, -0.2) is 8.42 Å². The van der Waals surface area contributed by atoms with Gasteiger partial charge in [0.25, 0.3) is 0 Å². The number of sulfonamides is 1. The van der Waals surface area contributed by atoms with Gasteiger partial charge in [-0.3, -0.25) is 0 Å². The van der Waals surface area contributed by atoms with Crippen molar-refractivity contribution in [2.24, 2.45) is 11.7 Å². The molecule has 1 aromatic carbocycles. The van der Waals surface area contributed by atoms with Gasteiger partial charge in [-0.1, -0.05) is 19.1 Å². The van der Waals surface area contributed by atoms with Crippen LogP contribution in [0, 0.1) is 5.92 Å². The molecule has 1 aliphatic heterocycles. The van der Waals surface area contributed by atoms with Crippen LogP contribution in [-0.2, 0) is 16.4 Å². The predicted octanol–water partition coefficient (Wildman–Crippen LogP) is 0.579. The summed E-state index contributed by atoms with van der Waals surface area (Å²) in [5, 5.41) is 9.69. The van der Waals surface area contributed by atoms with Crippen LogP contribution in [0.15, 0.2) is 29.2 Å². The van der Waals surface area contributed by atoms with Crippen LogP contribution in [0.1, 0.15) is 18.9 Å². The molecule has 0 aliphatic carbocycles. The van der Waals surface area contributed by atoms with Crippen molar-refractivity contribution in [3.8, 4) is 0 Å². The lowest BCUT2D eigenvalue weighted by atomic mass is 9.99. The monoisotopic (exact) mass is 298 g/mol. The van der Waals surface area contributed by atoms with E-state index < -0.39 is 16.1 Å². The van der Waals surface area contributed by atoms with Gasteiger partial charge in [0.1, 0.15) is 0 Å². The zero-order valence-corrected chi connectivity index (χ0v) is 12.5. The van der Waals surface area contributed by atoms with E-state index in [1.807, 2.05) is 19.1 Å². The molecule has 1 saturated heterocycles. The number of nitrogens with zero attached hydrogens (tertiary/aromatic N) is 1. The third kappa shape index (κ3) is 3.20. The number of aliphatic hydroxyl groups excluding tert-OH is 1. The van der Waals surface area contributed by atoms with Crippen molar-refractivity contribution >= 4 is 10.0 Å². The van der Waals surface area contributed by atoms with E-state index in [2.05, 4.69) is 0 Å². The molecule has 2 unspecified atom stereocenters. The van der Waals surface area contributed by atoms with E-state index in [-0.39, 0.29) is 5.92 Å². The van der Waals surface area contributed by atoms with E-state index in [0.29, 0.717) is 31.0 Å². The minimum Gasteiger partial charge on any atom is -0.393 e. The summed E-state index contributed by atoms with van der Waals surface area (Å²) in [7, 11) is -3.46. The van der Waals surface area contributed by atoms with E-state index in [1.165, 1.54) is 4.31 Å². The number of piperidine rings is 1. The maximum Gasteiger partial charge on any atom is 0.243 e. The van der Waals surface area contributed by atoms with Crippen molar-refractivity contribution in [3.05, 3.63) is 29.8 Å². The average Bonchev–Trinajstić information content (AvgIpc) is 2.43. The molecule has 1 aromatic rings. The summed E-state index contributed by atoms with van der Waals surface area (Å²) in [6, 6.07) is 6.88. The van der Waals surface area contributed by atoms with Crippen LogP contribution in [0.2, 0.25) is 0 Å². The molecule has 2 atom stereocenters. The first-order valence-corrected chi connectivity index (χ1v) is 8.36. The van der Waals surface area contributed by atoms with E-state index in [1.54, 1.807) is 12.1 Å². The zero-order valence-electron chi connectivity index (χ0n) is 11.7. The van der Waals surface area contributed by atoms with Crippen LogP contribution < -0.4 is 5.73 Å². The van der Waals surface area contributed by atoms with Crippen LogP contribution in [-0.4, -0.2) is 43.6 Å². The number of hydrogen-bond acceptors (Lipinski definition) is 4. The fraction of sp³-hybridized carbons (Fsp3) is 0.571. The Labute approximate surface area is 120 Å². The molecule has 1 heterocycles. The molecule has 2 rings (SSSR count). The first-order chi connectivity index (χ1) is 9.45. The second-order valence-electron chi connectivity index (χ2n) is 5.38. The van der Waals surface area contributed by atoms with Gasteiger partial charge in [-0.15, -0.1) is 0 Å². The van der Waals surface area contributed by atoms with Crippen molar-refractivity contribution in [2.45, 2.75) is 30.8 Å². The van der Waals surface area contributed by atoms with Crippen molar-refractivity contribution in [2.75, 3.05) is 19.6 Å². The van der Waals surface area contributed by atoms with Gasteiger partial charge in [-0.2, -0.15) is 4.31 Å². The smallest absolute Gasteiger partial charge is 0.243 e. The highest BCUT2D eigenvalue weighted by Gasteiger charge is 2.32. The fourth-order valence-electron chi connectivity index (χ4n) is 2.46. The van der Waals surface area contributed by atoms with Crippen molar-refractivity contribution in [1.29, 1.82) is 0 Å². The molecule has 20 heavy (non-hydrogen) atoms. The number of hydrogen-bond donors (Lipinski definition) is 2. The molecule has 3 N–H and O–H groups in total. The molecule has 0 amide bonds. The van der Waals surface area contributed by atoms with E-state index in [4.69, 9.17) is 5.73 Å². The quantitative estimate of drug-likeness (QED) is 0.851. The number of nitrogens with two attached hydrogens (primary N) is 1. The highest BCUT2D eigenvalue weighted by Crippen LogP contribution is 2.24. The lowest BCUT2D eigenvalue weighted by Gasteiger charge is -2.33. The average molecular weight is 298 g/mol. The molecular formula is C14H22N2O3S. The molecule has 0 bridgehead atoms. The lowest BCUT2D eigenvalue weighted by molar-refractivity contribution is 0.0628. The summed E-state index contributed by atoms with van der Waals surface area (Å²) in [6.45, 7) is 3.16. The maximum absolute atomic E-state index is 12.5. The first kappa shape index (κ1) is 15.4. The second-order valence-corrected chi connectivity index (χ2v) is 7.32. The molecule has 0 saturated carbocycles. The van der Waals surface area contributed by atoms with Gasteiger partial charge < -0.3 is 10.8 Å². The van der Waals surface area contributed by atoms with Gasteiger partial charge >= 0.3 is 0 Å². The summed E-state index contributed by atoms with van der Waals surface area (Å²) in [5.41, 5.74) is 6.52. The number of rotatable bonds is 4. The highest BCUT2D eigenvalue weighted by atomic mass is 32.2. The maximum atomic E-state index is 12.5. The Hall–Kier alpha value is -0.950. The molecule has 6 heteroatoms. The van der Waals surface area contributed by atoms with Crippen LogP contribution in [0.5, 0.6) is 0 Å². The van der Waals surface area contributed by atoms with E-state index in [0.717, 1.165) is 12.0 Å². The predicted molar refractivity (Wildman–Crippen MR) is 77.7 cm³/mol. The van der Waals surface area contributed by atoms with Crippen LogP contribution in [0.4, 0.5) is 0 Å². The van der Waals surface area contributed by atoms with Gasteiger partial charge in [-0.05, 0) is 43.0 Å². The lowest BCUT2D eigenvalue weighted by Crippen LogP contribution is -2.44. The molecule has 1 fully saturated rings. The Bertz CT molecular complexity index is 542. The second kappa shape index (κ2) is 6.22. The topological polar surface area (TPSA) is 83.6 Å². The van der Waals surface area contributed by atoms with Crippen molar-refractivity contribution in [1.82, 2.24) is 4.31 Å². The van der Waals surface area contributed by atoms with Gasteiger partial charge in [0.05, 0.1) is 11.0 Å². The Balaban J connectivity index is 2.17. The normalized spacial score (nSPS) is 24.8. The molecule has 1 aliphatic rings. The van der Waals surface area contributed by atoms with E-state index in [9.17, 15) is 13.5 Å². The Morgan fingerprint density at radius 1 is 1.35 bits per heavy atom. The molecule has 5 nitrogen and oxygen atoms in total. The van der Waals surface area contributed by atoms with Gasteiger partial charge in [0, 0.05) is 13.1 Å². The van der Waals surface area contributed by atoms with E-state index >= 15 is 0 Å². The van der Waals surface area contributed by atoms with Crippen LogP contribution in [0.25, 0.3) is 0 Å². The zero-order chi connectivity index (χ0) is 14.8. The Morgan fingerprint density at radius 2 is 2.00 bits per heavy atom. The fourth-order valence-corrected chi connectivity index (χ4v) is 4.01. The third-order valence-electron chi connectivity index (χ3n) is 3.82. The summed E-state index contributed by atoms with van der Waals surface area (Å²) in [6.07, 6.45) is 0.826. The third-order valence-corrected chi connectivity index (χ3v) is 5.70. The van der Waals surface area contributed by atoms with Gasteiger partial charge in [0.15, 0.2) is 0 Å². The first-order valence-electron chi connectivity index (χ1n) is 6.92. The number of benzene rings is 1. The summed E-state index contributed by atoms with van der Waals surface area (Å²) in [5.74, 6) is -0.0324. The summed E-state index contributed by atoms with van der Waals surface area (Å²) in [4.78, 5) is 0.307.